The minimum absolute atomic E-state index is 0.00590. The fraction of sp³-hybridized carbons (Fsp3) is 1.00. The Balaban J connectivity index is 1.81. The fourth-order valence-electron chi connectivity index (χ4n) is 7.08. The number of hydrogen-bond acceptors (Lipinski definition) is 6. The molecule has 6 rings (SSSR count). The summed E-state index contributed by atoms with van der Waals surface area (Å²) < 4.78 is 0. The topological polar surface area (TPSA) is 129 Å². The Morgan fingerprint density at radius 1 is 0.842 bits per heavy atom. The van der Waals surface area contributed by atoms with Gasteiger partial charge in [0.2, 0.25) is 5.54 Å². The molecule has 0 aromatic rings. The van der Waals surface area contributed by atoms with Crippen LogP contribution in [0.5, 0.6) is 0 Å². The zero-order chi connectivity index (χ0) is 13.5. The van der Waals surface area contributed by atoms with Crippen LogP contribution in [0.2, 0.25) is 0 Å². The summed E-state index contributed by atoms with van der Waals surface area (Å²) in [5.41, 5.74) is -3.66. The van der Waals surface area contributed by atoms with Crippen LogP contribution in [-0.4, -0.2) is 26.0 Å². The van der Waals surface area contributed by atoms with Crippen LogP contribution >= 0.6 is 0 Å². The summed E-state index contributed by atoms with van der Waals surface area (Å²) >= 11 is 0. The molecule has 6 aliphatic rings. The average molecular weight is 267 g/mol. The smallest absolute Gasteiger partial charge is 0.264 e. The number of nitro groups is 3. The first-order chi connectivity index (χ1) is 8.91. The van der Waals surface area contributed by atoms with Crippen molar-refractivity contribution in [2.75, 3.05) is 0 Å². The molecule has 0 N–H and O–H groups in total. The molecule has 0 radical (unpaired) electrons. The van der Waals surface area contributed by atoms with E-state index in [0.29, 0.717) is 6.42 Å². The second kappa shape index (κ2) is 2.20. The maximum Gasteiger partial charge on any atom is 0.471 e. The molecule has 0 aromatic heterocycles. The lowest BCUT2D eigenvalue weighted by Crippen LogP contribution is -2.67. The second-order valence-electron chi connectivity index (χ2n) is 6.67. The van der Waals surface area contributed by atoms with Gasteiger partial charge in [-0.2, -0.15) is 0 Å². The van der Waals surface area contributed by atoms with Crippen molar-refractivity contribution in [3.63, 3.8) is 0 Å². The molecular weight excluding hydrogens is 258 g/mol. The van der Waals surface area contributed by atoms with Crippen LogP contribution in [0, 0.1) is 71.8 Å². The van der Waals surface area contributed by atoms with Gasteiger partial charge >= 0.3 is 5.66 Å². The van der Waals surface area contributed by atoms with Crippen molar-refractivity contribution in [2.45, 2.75) is 17.6 Å². The second-order valence-corrected chi connectivity index (χ2v) is 6.67. The minimum atomic E-state index is -2.28. The third-order valence-electron chi connectivity index (χ3n) is 7.03. The highest BCUT2D eigenvalue weighted by atomic mass is 16.7. The van der Waals surface area contributed by atoms with E-state index in [2.05, 4.69) is 0 Å². The van der Waals surface area contributed by atoms with Crippen LogP contribution in [0.3, 0.4) is 0 Å². The molecule has 8 unspecified atom stereocenters. The Morgan fingerprint density at radius 3 is 1.95 bits per heavy atom. The molecule has 19 heavy (non-hydrogen) atoms. The molecule has 0 amide bonds. The van der Waals surface area contributed by atoms with Gasteiger partial charge in [0.15, 0.2) is 5.92 Å². The van der Waals surface area contributed by atoms with Crippen LogP contribution in [0.15, 0.2) is 0 Å². The van der Waals surface area contributed by atoms with Crippen LogP contribution < -0.4 is 0 Å². The normalized spacial score (nSPS) is 59.7. The first kappa shape index (κ1) is 10.0. The van der Waals surface area contributed by atoms with Gasteiger partial charge in [-0.1, -0.05) is 0 Å². The van der Waals surface area contributed by atoms with Gasteiger partial charge < -0.3 is 0 Å². The van der Waals surface area contributed by atoms with Gasteiger partial charge in [-0.3, -0.25) is 30.3 Å². The van der Waals surface area contributed by atoms with Gasteiger partial charge in [0.1, 0.15) is 5.92 Å². The summed E-state index contributed by atoms with van der Waals surface area (Å²) in [4.78, 5) is 32.3. The van der Waals surface area contributed by atoms with Crippen LogP contribution in [0.4, 0.5) is 0 Å². The standard InChI is InChI=1S/C10H9N3O6/c14-11(15)9-1-2-3-5-4(2)8(9)10(12(16)17,13(18)19)7(5)6(3)9/h2-8H,1H2. The zero-order valence-corrected chi connectivity index (χ0v) is 9.54. The molecular formula is C10H9N3O6. The molecule has 0 aromatic carbocycles. The first-order valence-corrected chi connectivity index (χ1v) is 6.35. The van der Waals surface area contributed by atoms with Crippen molar-refractivity contribution in [3.05, 3.63) is 30.3 Å². The molecule has 100 valence electrons. The average Bonchev–Trinajstić information content (AvgIpc) is 2.73. The minimum Gasteiger partial charge on any atom is -0.264 e. The lowest BCUT2D eigenvalue weighted by Gasteiger charge is -2.60. The summed E-state index contributed by atoms with van der Waals surface area (Å²) in [6.45, 7) is 0. The molecule has 0 heterocycles. The van der Waals surface area contributed by atoms with Crippen molar-refractivity contribution in [2.24, 2.45) is 41.4 Å². The van der Waals surface area contributed by atoms with Gasteiger partial charge in [0, 0.05) is 11.3 Å². The van der Waals surface area contributed by atoms with E-state index in [1.54, 1.807) is 0 Å². The largest absolute Gasteiger partial charge is 0.471 e. The lowest BCUT2D eigenvalue weighted by atomic mass is 9.40. The lowest BCUT2D eigenvalue weighted by molar-refractivity contribution is -0.813. The Hall–Kier alpha value is -1.80. The van der Waals surface area contributed by atoms with E-state index in [-0.39, 0.29) is 23.7 Å². The third-order valence-corrected chi connectivity index (χ3v) is 7.03. The summed E-state index contributed by atoms with van der Waals surface area (Å²) in [6.07, 6.45) is 0.321. The van der Waals surface area contributed by atoms with Crippen molar-refractivity contribution in [1.82, 2.24) is 0 Å². The van der Waals surface area contributed by atoms with E-state index in [0.717, 1.165) is 0 Å². The van der Waals surface area contributed by atoms with E-state index in [9.17, 15) is 30.3 Å². The van der Waals surface area contributed by atoms with E-state index in [1.807, 2.05) is 0 Å². The van der Waals surface area contributed by atoms with E-state index < -0.39 is 43.7 Å². The highest BCUT2D eigenvalue weighted by Gasteiger charge is 3.08. The molecule has 4 bridgehead atoms. The molecule has 9 nitrogen and oxygen atoms in total. The highest BCUT2D eigenvalue weighted by molar-refractivity contribution is 5.41. The third kappa shape index (κ3) is 0.548. The quantitative estimate of drug-likeness (QED) is 0.402. The van der Waals surface area contributed by atoms with E-state index in [1.165, 1.54) is 0 Å². The molecule has 6 aliphatic carbocycles. The van der Waals surface area contributed by atoms with Gasteiger partial charge in [-0.15, -0.1) is 0 Å². The van der Waals surface area contributed by atoms with Crippen molar-refractivity contribution >= 4 is 0 Å². The molecule has 0 aliphatic heterocycles. The highest BCUT2D eigenvalue weighted by Crippen LogP contribution is 2.92. The van der Waals surface area contributed by atoms with E-state index >= 15 is 0 Å². The van der Waals surface area contributed by atoms with Crippen LogP contribution in [0.1, 0.15) is 6.42 Å². The Kier molecular flexibility index (Phi) is 1.17. The van der Waals surface area contributed by atoms with Crippen LogP contribution in [-0.2, 0) is 0 Å². The molecule has 6 fully saturated rings. The summed E-state index contributed by atoms with van der Waals surface area (Å²) in [5.74, 6) is -1.99. The van der Waals surface area contributed by atoms with Gasteiger partial charge in [-0.05, 0) is 23.7 Å². The molecule has 0 saturated heterocycles. The zero-order valence-electron chi connectivity index (χ0n) is 9.54. The van der Waals surface area contributed by atoms with Crippen molar-refractivity contribution < 1.29 is 14.8 Å². The Labute approximate surface area is 105 Å². The van der Waals surface area contributed by atoms with Gasteiger partial charge in [0.05, 0.1) is 15.8 Å². The molecule has 6 saturated carbocycles. The fourth-order valence-corrected chi connectivity index (χ4v) is 7.08. The van der Waals surface area contributed by atoms with E-state index in [4.69, 9.17) is 0 Å². The predicted molar refractivity (Wildman–Crippen MR) is 55.5 cm³/mol. The molecule has 9 heteroatoms. The molecule has 8 atom stereocenters. The SMILES string of the molecule is O=[N+]([O-])C12CC3C4C5C3C1C([N+](=O)[O-])([N+](=O)[O-])C5C42. The van der Waals surface area contributed by atoms with Gasteiger partial charge in [-0.25, -0.2) is 0 Å². The Bertz CT molecular complexity index is 592. The predicted octanol–water partition coefficient (Wildman–Crippen LogP) is 0.0231. The van der Waals surface area contributed by atoms with Crippen LogP contribution in [0.25, 0.3) is 0 Å². The molecule has 0 spiro atoms. The number of rotatable bonds is 3. The maximum atomic E-state index is 11.5. The monoisotopic (exact) mass is 267 g/mol. The summed E-state index contributed by atoms with van der Waals surface area (Å²) in [6, 6.07) is 0. The summed E-state index contributed by atoms with van der Waals surface area (Å²) in [7, 11) is 0. The van der Waals surface area contributed by atoms with Gasteiger partial charge in [0.25, 0.3) is 0 Å². The number of nitrogens with zero attached hydrogens (tertiary/aromatic N) is 3. The maximum absolute atomic E-state index is 11.5. The Morgan fingerprint density at radius 2 is 1.47 bits per heavy atom. The van der Waals surface area contributed by atoms with Crippen molar-refractivity contribution in [1.29, 1.82) is 0 Å². The first-order valence-electron chi connectivity index (χ1n) is 6.35. The summed E-state index contributed by atoms with van der Waals surface area (Å²) in [5, 5.41) is 34.4. The number of hydrogen-bond donors (Lipinski definition) is 0. The van der Waals surface area contributed by atoms with Crippen molar-refractivity contribution in [3.8, 4) is 0 Å².